The molecule has 4 rings (SSSR count). The van der Waals surface area contributed by atoms with E-state index in [1.807, 2.05) is 0 Å². The lowest BCUT2D eigenvalue weighted by Gasteiger charge is -2.29. The summed E-state index contributed by atoms with van der Waals surface area (Å²) in [6.45, 7) is 4.09. The number of imidazole rings is 1. The van der Waals surface area contributed by atoms with Gasteiger partial charge in [-0.05, 0) is 43.2 Å². The van der Waals surface area contributed by atoms with Gasteiger partial charge in [-0.15, -0.1) is 0 Å². The molecule has 0 spiro atoms. The fourth-order valence-electron chi connectivity index (χ4n) is 5.23. The van der Waals surface area contributed by atoms with Crippen molar-refractivity contribution in [2.75, 3.05) is 26.0 Å². The van der Waals surface area contributed by atoms with E-state index in [1.54, 1.807) is 19.1 Å². The Balaban J connectivity index is 1.66. The molecule has 0 amide bonds. The molecule has 1 aliphatic carbocycles. The van der Waals surface area contributed by atoms with Crippen LogP contribution >= 0.6 is 0 Å². The summed E-state index contributed by atoms with van der Waals surface area (Å²) >= 11 is 0. The first-order chi connectivity index (χ1) is 15.6. The second kappa shape index (κ2) is 9.31. The summed E-state index contributed by atoms with van der Waals surface area (Å²) in [6, 6.07) is 3.04. The molecule has 33 heavy (non-hydrogen) atoms. The zero-order valence-corrected chi connectivity index (χ0v) is 20.2. The molecule has 2 unspecified atom stereocenters. The third-order valence-corrected chi connectivity index (χ3v) is 8.51. The number of halogens is 1. The Hall–Kier alpha value is -2.04. The average Bonchev–Trinajstić information content (AvgIpc) is 3.39. The Kier molecular flexibility index (Phi) is 6.80. The lowest BCUT2D eigenvalue weighted by Crippen LogP contribution is -2.29. The van der Waals surface area contributed by atoms with E-state index < -0.39 is 33.6 Å². The zero-order valence-electron chi connectivity index (χ0n) is 19.4. The lowest BCUT2D eigenvalue weighted by atomic mass is 9.79. The monoisotopic (exact) mass is 480 g/mol. The van der Waals surface area contributed by atoms with Gasteiger partial charge in [-0.25, -0.2) is 22.1 Å². The van der Waals surface area contributed by atoms with Crippen molar-refractivity contribution in [3.63, 3.8) is 0 Å². The molecule has 1 aromatic carbocycles. The molecule has 1 saturated heterocycles. The first kappa shape index (κ1) is 24.1. The Morgan fingerprint density at radius 2 is 2.00 bits per heavy atom. The Morgan fingerprint density at radius 1 is 1.30 bits per heavy atom. The lowest BCUT2D eigenvalue weighted by molar-refractivity contribution is -0.147. The summed E-state index contributed by atoms with van der Waals surface area (Å²) in [6.07, 6.45) is 5.40. The van der Waals surface area contributed by atoms with Gasteiger partial charge in [-0.2, -0.15) is 0 Å². The van der Waals surface area contributed by atoms with E-state index in [2.05, 4.69) is 16.9 Å². The van der Waals surface area contributed by atoms with E-state index in [-0.39, 0.29) is 36.8 Å². The van der Waals surface area contributed by atoms with E-state index in [4.69, 9.17) is 10.5 Å². The SMILES string of the molecule is CCOC(=O)C1CN(S(C)(=O)=O)CC1c1ccc2[nH]c([C@@H](N)C3CCC(C)CC3)nc2c1F. The van der Waals surface area contributed by atoms with Crippen molar-refractivity contribution in [3.8, 4) is 0 Å². The van der Waals surface area contributed by atoms with Gasteiger partial charge < -0.3 is 15.5 Å². The van der Waals surface area contributed by atoms with E-state index in [0.717, 1.165) is 31.9 Å². The Bertz CT molecular complexity index is 1130. The van der Waals surface area contributed by atoms with Gasteiger partial charge in [0.05, 0.1) is 30.3 Å². The van der Waals surface area contributed by atoms with Gasteiger partial charge in [0.15, 0.2) is 5.82 Å². The molecule has 3 N–H and O–H groups in total. The highest BCUT2D eigenvalue weighted by Gasteiger charge is 2.44. The number of esters is 1. The molecule has 0 bridgehead atoms. The fourth-order valence-corrected chi connectivity index (χ4v) is 6.09. The van der Waals surface area contributed by atoms with Crippen molar-refractivity contribution in [3.05, 3.63) is 29.3 Å². The number of carbonyl (C=O) groups excluding carboxylic acids is 1. The van der Waals surface area contributed by atoms with Crippen LogP contribution in [0.2, 0.25) is 0 Å². The largest absolute Gasteiger partial charge is 0.466 e. The maximum absolute atomic E-state index is 15.7. The van der Waals surface area contributed by atoms with E-state index in [1.165, 1.54) is 4.31 Å². The molecule has 3 atom stereocenters. The summed E-state index contributed by atoms with van der Waals surface area (Å²) in [7, 11) is -3.54. The standard InChI is InChI=1S/C23H33FN4O4S/c1-4-32-23(29)17-12-28(33(3,30)31)11-16(17)15-9-10-18-21(19(15)24)27-22(26-18)20(25)14-7-5-13(2)6-8-14/h9-10,13-14,16-17,20H,4-8,11-12,25H2,1-3H3,(H,26,27)/t13?,14?,16?,17?,20-/m0/s1. The van der Waals surface area contributed by atoms with Crippen molar-refractivity contribution < 1.29 is 22.3 Å². The number of benzene rings is 1. The minimum absolute atomic E-state index is 0.0157. The van der Waals surface area contributed by atoms with E-state index >= 15 is 4.39 Å². The molecule has 2 heterocycles. The highest BCUT2D eigenvalue weighted by molar-refractivity contribution is 7.88. The number of fused-ring (bicyclic) bond motifs is 1. The number of sulfonamides is 1. The number of nitrogens with one attached hydrogen (secondary N) is 1. The zero-order chi connectivity index (χ0) is 23.9. The highest BCUT2D eigenvalue weighted by atomic mass is 32.2. The normalized spacial score (nSPS) is 27.7. The first-order valence-electron chi connectivity index (χ1n) is 11.7. The maximum atomic E-state index is 15.7. The van der Waals surface area contributed by atoms with Crippen LogP contribution in [-0.2, 0) is 19.6 Å². The fraction of sp³-hybridized carbons (Fsp3) is 0.652. The molecule has 182 valence electrons. The van der Waals surface area contributed by atoms with Gasteiger partial charge in [0, 0.05) is 19.0 Å². The van der Waals surface area contributed by atoms with Gasteiger partial charge in [-0.1, -0.05) is 25.8 Å². The Labute approximate surface area is 194 Å². The van der Waals surface area contributed by atoms with Crippen LogP contribution in [-0.4, -0.2) is 54.6 Å². The molecule has 1 aliphatic heterocycles. The second-order valence-corrected chi connectivity index (χ2v) is 11.6. The number of nitrogens with two attached hydrogens (primary N) is 1. The molecule has 2 fully saturated rings. The number of H-pyrrole nitrogens is 1. The number of ether oxygens (including phenoxy) is 1. The van der Waals surface area contributed by atoms with Gasteiger partial charge in [0.2, 0.25) is 10.0 Å². The predicted octanol–water partition coefficient (Wildman–Crippen LogP) is 3.07. The van der Waals surface area contributed by atoms with Crippen LogP contribution in [0.3, 0.4) is 0 Å². The molecular formula is C23H33FN4O4S. The number of aromatic amines is 1. The number of aromatic nitrogens is 2. The number of carbonyl (C=O) groups is 1. The smallest absolute Gasteiger partial charge is 0.310 e. The average molecular weight is 481 g/mol. The quantitative estimate of drug-likeness (QED) is 0.614. The number of hydrogen-bond acceptors (Lipinski definition) is 6. The minimum Gasteiger partial charge on any atom is -0.466 e. The van der Waals surface area contributed by atoms with Crippen molar-refractivity contribution in [1.82, 2.24) is 14.3 Å². The maximum Gasteiger partial charge on any atom is 0.310 e. The van der Waals surface area contributed by atoms with Gasteiger partial charge in [0.25, 0.3) is 0 Å². The van der Waals surface area contributed by atoms with Crippen molar-refractivity contribution in [2.24, 2.45) is 23.5 Å². The molecule has 2 aliphatic rings. The molecule has 2 aromatic rings. The summed E-state index contributed by atoms with van der Waals surface area (Å²) in [5.41, 5.74) is 7.48. The topological polar surface area (TPSA) is 118 Å². The van der Waals surface area contributed by atoms with Crippen LogP contribution in [0, 0.1) is 23.6 Å². The molecule has 10 heteroatoms. The summed E-state index contributed by atoms with van der Waals surface area (Å²) in [4.78, 5) is 20.2. The number of hydrogen-bond donors (Lipinski definition) is 2. The van der Waals surface area contributed by atoms with Crippen LogP contribution < -0.4 is 5.73 Å². The molecular weight excluding hydrogens is 447 g/mol. The minimum atomic E-state index is -3.54. The summed E-state index contributed by atoms with van der Waals surface area (Å²) in [5, 5.41) is 0. The van der Waals surface area contributed by atoms with Crippen LogP contribution in [0.1, 0.15) is 62.9 Å². The second-order valence-electron chi connectivity index (χ2n) is 9.58. The number of rotatable bonds is 6. The van der Waals surface area contributed by atoms with Crippen LogP contribution in [0.25, 0.3) is 11.0 Å². The van der Waals surface area contributed by atoms with Crippen LogP contribution in [0.5, 0.6) is 0 Å². The van der Waals surface area contributed by atoms with Crippen molar-refractivity contribution in [1.29, 1.82) is 0 Å². The highest BCUT2D eigenvalue weighted by Crippen LogP contribution is 2.39. The molecule has 0 radical (unpaired) electrons. The Morgan fingerprint density at radius 3 is 2.64 bits per heavy atom. The summed E-state index contributed by atoms with van der Waals surface area (Å²) < 4.78 is 46.3. The number of nitrogens with zero attached hydrogens (tertiary/aromatic N) is 2. The molecule has 1 aromatic heterocycles. The third-order valence-electron chi connectivity index (χ3n) is 7.27. The van der Waals surface area contributed by atoms with Crippen LogP contribution in [0.4, 0.5) is 4.39 Å². The molecule has 8 nitrogen and oxygen atoms in total. The van der Waals surface area contributed by atoms with Crippen LogP contribution in [0.15, 0.2) is 12.1 Å². The van der Waals surface area contributed by atoms with Gasteiger partial charge in [-0.3, -0.25) is 4.79 Å². The predicted molar refractivity (Wildman–Crippen MR) is 123 cm³/mol. The van der Waals surface area contributed by atoms with E-state index in [0.29, 0.717) is 23.2 Å². The van der Waals surface area contributed by atoms with Gasteiger partial charge in [0.1, 0.15) is 11.3 Å². The van der Waals surface area contributed by atoms with Crippen molar-refractivity contribution >= 4 is 27.0 Å². The first-order valence-corrected chi connectivity index (χ1v) is 13.5. The summed E-state index contributed by atoms with van der Waals surface area (Å²) in [5.74, 6) is -0.941. The van der Waals surface area contributed by atoms with Crippen molar-refractivity contribution in [2.45, 2.75) is 51.5 Å². The third kappa shape index (κ3) is 4.79. The van der Waals surface area contributed by atoms with Gasteiger partial charge >= 0.3 is 5.97 Å². The van der Waals surface area contributed by atoms with E-state index in [9.17, 15) is 13.2 Å². The molecule has 1 saturated carbocycles.